The highest BCUT2D eigenvalue weighted by molar-refractivity contribution is 7.17. The van der Waals surface area contributed by atoms with Crippen molar-refractivity contribution in [3.8, 4) is 5.69 Å². The molecule has 11 heteroatoms. The van der Waals surface area contributed by atoms with Crippen LogP contribution in [0.5, 0.6) is 0 Å². The second-order valence-electron chi connectivity index (χ2n) is 9.61. The van der Waals surface area contributed by atoms with Crippen molar-refractivity contribution in [2.45, 2.75) is 42.9 Å². The Kier molecular flexibility index (Phi) is 5.39. The second kappa shape index (κ2) is 7.93. The number of nitrogens with one attached hydrogen (secondary N) is 1. The third-order valence-electron chi connectivity index (χ3n) is 7.09. The Morgan fingerprint density at radius 3 is 2.56 bits per heavy atom. The van der Waals surface area contributed by atoms with Crippen molar-refractivity contribution in [2.24, 2.45) is 5.73 Å². The molecule has 1 aromatic carbocycles. The molecule has 3 N–H and O–H groups in total. The normalized spacial score (nSPS) is 24.4. The van der Waals surface area contributed by atoms with E-state index < -0.39 is 16.9 Å². The Morgan fingerprint density at radius 1 is 1.18 bits per heavy atom. The maximum absolute atomic E-state index is 13.5. The summed E-state index contributed by atoms with van der Waals surface area (Å²) in [6, 6.07) is 6.48. The summed E-state index contributed by atoms with van der Waals surface area (Å²) >= 11 is 0. The number of halogens is 2. The Hall–Kier alpha value is -2.68. The summed E-state index contributed by atoms with van der Waals surface area (Å²) in [7, 11) is 1.56. The molecule has 34 heavy (non-hydrogen) atoms. The van der Waals surface area contributed by atoms with Crippen molar-refractivity contribution < 1.29 is 8.78 Å². The molecular weight excluding hydrogens is 461 g/mol. The molecule has 3 atom stereocenters. The number of nitrogens with two attached hydrogens (primary N) is 1. The van der Waals surface area contributed by atoms with Crippen LogP contribution in [0.2, 0.25) is 0 Å². The molecule has 180 valence electrons. The first-order valence-electron chi connectivity index (χ1n) is 11.2. The van der Waals surface area contributed by atoms with Gasteiger partial charge in [0.25, 0.3) is 11.2 Å². The number of rotatable bonds is 7. The van der Waals surface area contributed by atoms with E-state index in [-0.39, 0.29) is 22.2 Å². The predicted molar refractivity (Wildman–Crippen MR) is 127 cm³/mol. The number of hydrogen-bond donors (Lipinski definition) is 2. The van der Waals surface area contributed by atoms with E-state index in [4.69, 9.17) is 5.73 Å². The van der Waals surface area contributed by atoms with E-state index in [9.17, 15) is 18.4 Å². The lowest BCUT2D eigenvalue weighted by Gasteiger charge is -2.21. The Labute approximate surface area is 197 Å². The maximum Gasteiger partial charge on any atom is 0.328 e. The van der Waals surface area contributed by atoms with Crippen LogP contribution >= 0.6 is 9.24 Å². The minimum absolute atomic E-state index is 0.0354. The highest BCUT2D eigenvalue weighted by Crippen LogP contribution is 2.60. The predicted octanol–water partition coefficient (Wildman–Crippen LogP) is 1.70. The first kappa shape index (κ1) is 23.1. The van der Waals surface area contributed by atoms with E-state index in [1.54, 1.807) is 33.8 Å². The molecule has 0 amide bonds. The van der Waals surface area contributed by atoms with Gasteiger partial charge in [-0.3, -0.25) is 14.3 Å². The van der Waals surface area contributed by atoms with Gasteiger partial charge in [-0.2, -0.15) is 13.9 Å². The van der Waals surface area contributed by atoms with E-state index in [0.717, 1.165) is 30.6 Å². The molecule has 2 fully saturated rings. The number of fused-ring (bicyclic) bond motifs is 1. The molecule has 1 saturated carbocycles. The number of aryl methyl sites for hydroxylation is 2. The molecule has 0 radical (unpaired) electrons. The molecular formula is C23H27F2N6O2P. The molecule has 1 aliphatic carbocycles. The SMILES string of the molecule is Cc1cnn(-c2cn(CCCN3C[C@]4(N)C[C@]4(c4ccc(C(F)(F)P)cc4)C3)c(=O)[nH]c2=O)c1. The third kappa shape index (κ3) is 3.93. The molecule has 1 aliphatic heterocycles. The van der Waals surface area contributed by atoms with E-state index in [1.165, 1.54) is 27.6 Å². The minimum Gasteiger partial charge on any atom is -0.323 e. The standard InChI is InChI=1S/C23H27F2N6O2P/c1-15-9-27-31(10-15)18-11-30(20(33)28-19(18)32)8-2-7-29-13-21(12-22(21,26)14-29)16-3-5-17(6-4-16)23(24,25)34/h3-6,9-11H,2,7-8,12-14,26,34H2,1H3,(H,28,32,33)/t21-,22-/m1/s1. The zero-order valence-corrected chi connectivity index (χ0v) is 20.0. The fourth-order valence-electron chi connectivity index (χ4n) is 5.24. The van der Waals surface area contributed by atoms with Gasteiger partial charge in [0, 0.05) is 48.5 Å². The number of aromatic nitrogens is 4. The number of H-pyrrole nitrogens is 1. The summed E-state index contributed by atoms with van der Waals surface area (Å²) in [5, 5.41) is 4.15. The number of piperidine rings is 1. The number of benzene rings is 1. The highest BCUT2D eigenvalue weighted by atomic mass is 31.0. The average Bonchev–Trinajstić information content (AvgIpc) is 3.03. The summed E-state index contributed by atoms with van der Waals surface area (Å²) in [5.74, 6) is 0. The van der Waals surface area contributed by atoms with E-state index in [1.807, 2.05) is 6.92 Å². The largest absolute Gasteiger partial charge is 0.328 e. The molecule has 0 spiro atoms. The van der Waals surface area contributed by atoms with Gasteiger partial charge in [0.1, 0.15) is 5.69 Å². The van der Waals surface area contributed by atoms with Crippen molar-refractivity contribution in [3.63, 3.8) is 0 Å². The summed E-state index contributed by atoms with van der Waals surface area (Å²) < 4.78 is 30.0. The van der Waals surface area contributed by atoms with Gasteiger partial charge in [-0.15, -0.1) is 0 Å². The van der Waals surface area contributed by atoms with Gasteiger partial charge in [-0.1, -0.05) is 33.5 Å². The van der Waals surface area contributed by atoms with Gasteiger partial charge in [0.15, 0.2) is 0 Å². The molecule has 0 bridgehead atoms. The first-order chi connectivity index (χ1) is 16.0. The van der Waals surface area contributed by atoms with Gasteiger partial charge in [-0.25, -0.2) is 9.48 Å². The molecule has 3 heterocycles. The van der Waals surface area contributed by atoms with Gasteiger partial charge in [0.2, 0.25) is 0 Å². The van der Waals surface area contributed by atoms with Crippen LogP contribution < -0.4 is 17.0 Å². The maximum atomic E-state index is 13.5. The first-order valence-corrected chi connectivity index (χ1v) is 11.7. The Morgan fingerprint density at radius 2 is 1.91 bits per heavy atom. The summed E-state index contributed by atoms with van der Waals surface area (Å²) in [5.41, 5.74) is 4.32. The number of nitrogens with zero attached hydrogens (tertiary/aromatic N) is 4. The van der Waals surface area contributed by atoms with E-state index in [2.05, 4.69) is 15.0 Å². The number of alkyl halides is 2. The van der Waals surface area contributed by atoms with Gasteiger partial charge in [-0.05, 0) is 37.4 Å². The number of likely N-dealkylation sites (tertiary alicyclic amines) is 1. The van der Waals surface area contributed by atoms with Gasteiger partial charge < -0.3 is 10.6 Å². The fraction of sp³-hybridized carbons (Fsp3) is 0.435. The monoisotopic (exact) mass is 488 g/mol. The Balaban J connectivity index is 1.25. The molecule has 8 nitrogen and oxygen atoms in total. The Bertz CT molecular complexity index is 1340. The molecule has 2 aliphatic rings. The molecule has 1 unspecified atom stereocenters. The van der Waals surface area contributed by atoms with Crippen LogP contribution in [-0.4, -0.2) is 49.4 Å². The van der Waals surface area contributed by atoms with Crippen LogP contribution in [0.25, 0.3) is 5.69 Å². The van der Waals surface area contributed by atoms with Crippen molar-refractivity contribution in [1.29, 1.82) is 0 Å². The summed E-state index contributed by atoms with van der Waals surface area (Å²) in [6.07, 6.45) is 6.42. The zero-order valence-electron chi connectivity index (χ0n) is 18.8. The summed E-state index contributed by atoms with van der Waals surface area (Å²) in [6.45, 7) is 4.50. The lowest BCUT2D eigenvalue weighted by Crippen LogP contribution is -2.35. The molecule has 2 aromatic heterocycles. The van der Waals surface area contributed by atoms with Crippen LogP contribution in [0.1, 0.15) is 29.5 Å². The zero-order chi connectivity index (χ0) is 24.3. The van der Waals surface area contributed by atoms with E-state index >= 15 is 0 Å². The molecule has 3 aromatic rings. The number of aromatic amines is 1. The van der Waals surface area contributed by atoms with Crippen molar-refractivity contribution >= 4 is 9.24 Å². The van der Waals surface area contributed by atoms with Crippen LogP contribution in [0, 0.1) is 6.92 Å². The summed E-state index contributed by atoms with van der Waals surface area (Å²) in [4.78, 5) is 29.1. The average molecular weight is 488 g/mol. The highest BCUT2D eigenvalue weighted by Gasteiger charge is 2.70. The van der Waals surface area contributed by atoms with Crippen LogP contribution in [0.3, 0.4) is 0 Å². The topological polar surface area (TPSA) is 102 Å². The van der Waals surface area contributed by atoms with Crippen LogP contribution in [0.15, 0.2) is 52.4 Å². The van der Waals surface area contributed by atoms with Crippen molar-refractivity contribution in [2.75, 3.05) is 19.6 Å². The van der Waals surface area contributed by atoms with E-state index in [0.29, 0.717) is 19.5 Å². The van der Waals surface area contributed by atoms with Crippen molar-refractivity contribution in [3.05, 3.63) is 80.4 Å². The fourth-order valence-corrected chi connectivity index (χ4v) is 5.43. The lowest BCUT2D eigenvalue weighted by molar-refractivity contribution is 0.104. The minimum atomic E-state index is -2.95. The lowest BCUT2D eigenvalue weighted by atomic mass is 9.92. The van der Waals surface area contributed by atoms with Gasteiger partial charge >= 0.3 is 5.69 Å². The number of hydrogen-bond acceptors (Lipinski definition) is 5. The quantitative estimate of drug-likeness (QED) is 0.493. The van der Waals surface area contributed by atoms with Crippen LogP contribution in [0.4, 0.5) is 8.78 Å². The second-order valence-corrected chi connectivity index (χ2v) is 10.3. The molecule has 1 saturated heterocycles. The van der Waals surface area contributed by atoms with Crippen molar-refractivity contribution in [1.82, 2.24) is 24.2 Å². The third-order valence-corrected chi connectivity index (χ3v) is 7.42. The van der Waals surface area contributed by atoms with Crippen LogP contribution in [-0.2, 0) is 17.6 Å². The smallest absolute Gasteiger partial charge is 0.323 e. The molecule has 5 rings (SSSR count). The van der Waals surface area contributed by atoms with Gasteiger partial charge in [0.05, 0.1) is 6.20 Å².